The molecule has 2 fully saturated rings. The van der Waals surface area contributed by atoms with E-state index in [1.54, 1.807) is 20.0 Å². The molecule has 212 valence electrons. The zero-order valence-corrected chi connectivity index (χ0v) is 24.4. The molecule has 3 heterocycles. The second-order valence-corrected chi connectivity index (χ2v) is 12.1. The van der Waals surface area contributed by atoms with Gasteiger partial charge in [-0.25, -0.2) is 19.7 Å². The topological polar surface area (TPSA) is 112 Å². The third-order valence-corrected chi connectivity index (χ3v) is 8.20. The molecule has 0 atom stereocenters. The van der Waals surface area contributed by atoms with Crippen molar-refractivity contribution in [2.24, 2.45) is 5.92 Å². The molecular formula is C30H44N6O3. The Morgan fingerprint density at radius 2 is 1.85 bits per heavy atom. The van der Waals surface area contributed by atoms with Gasteiger partial charge < -0.3 is 20.2 Å². The molecular weight excluding hydrogens is 492 g/mol. The van der Waals surface area contributed by atoms with E-state index >= 15 is 0 Å². The molecule has 2 aromatic heterocycles. The number of amides is 1. The minimum absolute atomic E-state index is 0.121. The van der Waals surface area contributed by atoms with Crippen LogP contribution < -0.4 is 10.2 Å². The first-order valence-corrected chi connectivity index (χ1v) is 14.4. The summed E-state index contributed by atoms with van der Waals surface area (Å²) >= 11 is 0. The van der Waals surface area contributed by atoms with Crippen LogP contribution in [0.2, 0.25) is 0 Å². The average Bonchev–Trinajstić information content (AvgIpc) is 2.87. The number of carboxylic acids is 1. The van der Waals surface area contributed by atoms with Gasteiger partial charge in [-0.15, -0.1) is 0 Å². The number of piperazine rings is 1. The number of rotatable bonds is 8. The number of hydrogen-bond donors (Lipinski definition) is 2. The Morgan fingerprint density at radius 1 is 1.13 bits per heavy atom. The molecule has 9 heteroatoms. The van der Waals surface area contributed by atoms with Crippen LogP contribution in [-0.2, 0) is 0 Å². The number of carboxylic acid groups (broad SMARTS) is 1. The fraction of sp³-hybridized carbons (Fsp3) is 0.633. The Bertz CT molecular complexity index is 1180. The van der Waals surface area contributed by atoms with Crippen molar-refractivity contribution in [2.45, 2.75) is 91.5 Å². The van der Waals surface area contributed by atoms with E-state index in [0.29, 0.717) is 36.6 Å². The molecule has 1 aliphatic heterocycles. The van der Waals surface area contributed by atoms with E-state index in [1.165, 1.54) is 32.1 Å². The number of carbonyl (C=O) groups is 2. The number of aryl methyl sites for hydroxylation is 2. The second kappa shape index (κ2) is 11.9. The van der Waals surface area contributed by atoms with E-state index in [2.05, 4.69) is 34.0 Å². The monoisotopic (exact) mass is 536 g/mol. The van der Waals surface area contributed by atoms with E-state index in [-0.39, 0.29) is 17.4 Å². The molecule has 0 spiro atoms. The maximum Gasteiger partial charge on any atom is 0.337 e. The molecule has 0 radical (unpaired) electrons. The van der Waals surface area contributed by atoms with Gasteiger partial charge in [0.2, 0.25) is 0 Å². The minimum atomic E-state index is -0.966. The summed E-state index contributed by atoms with van der Waals surface area (Å²) < 4.78 is 0. The fourth-order valence-corrected chi connectivity index (χ4v) is 6.08. The maximum absolute atomic E-state index is 13.7. The zero-order valence-electron chi connectivity index (χ0n) is 24.4. The Labute approximate surface area is 232 Å². The van der Waals surface area contributed by atoms with Gasteiger partial charge in [0.1, 0.15) is 17.3 Å². The van der Waals surface area contributed by atoms with Crippen LogP contribution in [0.4, 0.5) is 11.6 Å². The van der Waals surface area contributed by atoms with Gasteiger partial charge in [-0.3, -0.25) is 4.79 Å². The first kappa shape index (κ1) is 28.8. The van der Waals surface area contributed by atoms with Crippen molar-refractivity contribution in [1.82, 2.24) is 19.9 Å². The highest BCUT2D eigenvalue weighted by Crippen LogP contribution is 2.30. The molecule has 1 aliphatic carbocycles. The number of nitrogens with zero attached hydrogens (tertiary/aromatic N) is 5. The van der Waals surface area contributed by atoms with E-state index in [9.17, 15) is 14.7 Å². The van der Waals surface area contributed by atoms with Gasteiger partial charge in [0.25, 0.3) is 5.91 Å². The number of nitrogens with one attached hydrogen (secondary N) is 1. The van der Waals surface area contributed by atoms with E-state index < -0.39 is 11.5 Å². The van der Waals surface area contributed by atoms with Crippen molar-refractivity contribution in [3.63, 3.8) is 0 Å². The van der Waals surface area contributed by atoms with Gasteiger partial charge >= 0.3 is 5.97 Å². The number of carbonyl (C=O) groups excluding carboxylic acids is 1. The van der Waals surface area contributed by atoms with Crippen molar-refractivity contribution in [2.75, 3.05) is 36.4 Å². The zero-order chi connectivity index (χ0) is 28.3. The highest BCUT2D eigenvalue weighted by atomic mass is 16.4. The highest BCUT2D eigenvalue weighted by molar-refractivity contribution is 5.93. The van der Waals surface area contributed by atoms with Gasteiger partial charge in [0.15, 0.2) is 0 Å². The smallest absolute Gasteiger partial charge is 0.337 e. The van der Waals surface area contributed by atoms with Crippen molar-refractivity contribution >= 4 is 23.5 Å². The second-order valence-electron chi connectivity index (χ2n) is 12.1. The largest absolute Gasteiger partial charge is 0.478 e. The molecule has 2 N–H and O–H groups in total. The molecule has 1 saturated heterocycles. The van der Waals surface area contributed by atoms with Crippen LogP contribution in [-0.4, -0.2) is 68.6 Å². The van der Waals surface area contributed by atoms with Crippen LogP contribution in [0.3, 0.4) is 0 Å². The van der Waals surface area contributed by atoms with E-state index in [4.69, 9.17) is 4.98 Å². The van der Waals surface area contributed by atoms with E-state index in [0.717, 1.165) is 36.2 Å². The first-order valence-electron chi connectivity index (χ1n) is 14.4. The van der Waals surface area contributed by atoms with Crippen molar-refractivity contribution in [3.05, 3.63) is 40.5 Å². The molecule has 0 unspecified atom stereocenters. The summed E-state index contributed by atoms with van der Waals surface area (Å²) in [6.07, 6.45) is 9.45. The summed E-state index contributed by atoms with van der Waals surface area (Å²) in [7, 11) is 0. The van der Waals surface area contributed by atoms with Crippen LogP contribution >= 0.6 is 0 Å². The Morgan fingerprint density at radius 3 is 2.46 bits per heavy atom. The summed E-state index contributed by atoms with van der Waals surface area (Å²) in [4.78, 5) is 43.3. The maximum atomic E-state index is 13.7. The lowest BCUT2D eigenvalue weighted by molar-refractivity contribution is 0.0506. The fourth-order valence-electron chi connectivity index (χ4n) is 6.08. The Balaban J connectivity index is 1.46. The van der Waals surface area contributed by atoms with E-state index in [1.807, 2.05) is 24.8 Å². The number of aromatic nitrogens is 3. The number of hydrogen-bond acceptors (Lipinski definition) is 7. The molecule has 9 nitrogen and oxygen atoms in total. The van der Waals surface area contributed by atoms with Gasteiger partial charge in [-0.2, -0.15) is 0 Å². The molecule has 2 aromatic rings. The first-order chi connectivity index (χ1) is 18.5. The van der Waals surface area contributed by atoms with Crippen LogP contribution in [0.5, 0.6) is 0 Å². The summed E-state index contributed by atoms with van der Waals surface area (Å²) in [6, 6.07) is 1.82. The predicted molar refractivity (Wildman–Crippen MR) is 154 cm³/mol. The lowest BCUT2D eigenvalue weighted by atomic mass is 9.87. The molecule has 2 aliphatic rings. The summed E-state index contributed by atoms with van der Waals surface area (Å²) in [5, 5.41) is 13.0. The van der Waals surface area contributed by atoms with Crippen LogP contribution in [0.25, 0.3) is 0 Å². The van der Waals surface area contributed by atoms with Gasteiger partial charge in [-0.05, 0) is 57.6 Å². The number of anilines is 2. The number of aromatic carboxylic acids is 1. The van der Waals surface area contributed by atoms with Crippen molar-refractivity contribution in [3.8, 4) is 0 Å². The summed E-state index contributed by atoms with van der Waals surface area (Å²) in [6.45, 7) is 14.3. The normalized spacial score (nSPS) is 17.9. The molecule has 39 heavy (non-hydrogen) atoms. The van der Waals surface area contributed by atoms with Crippen LogP contribution in [0, 0.1) is 19.8 Å². The third-order valence-electron chi connectivity index (χ3n) is 8.20. The van der Waals surface area contributed by atoms with Crippen molar-refractivity contribution < 1.29 is 14.7 Å². The van der Waals surface area contributed by atoms with Gasteiger partial charge in [0.05, 0.1) is 28.7 Å². The van der Waals surface area contributed by atoms with Crippen molar-refractivity contribution in [1.29, 1.82) is 0 Å². The Hall–Kier alpha value is -3.23. The van der Waals surface area contributed by atoms with Crippen LogP contribution in [0.15, 0.2) is 12.3 Å². The SMILES string of the molecule is Cc1cc(N2CCN(C(=O)c3cnc(NCCC4CCCCC4)c(C(C)C)n3)C(C)(C)C2)nc(C)c1C(=O)O. The lowest BCUT2D eigenvalue weighted by Crippen LogP contribution is -2.61. The minimum Gasteiger partial charge on any atom is -0.478 e. The molecule has 1 saturated carbocycles. The standard InChI is InChI=1S/C30H44N6O3/c1-19(2)26-27(31-13-12-22-10-8-7-9-11-22)32-17-23(34-26)28(37)36-15-14-35(18-30(36,5)6)24-16-20(3)25(29(38)39)21(4)33-24/h16-17,19,22H,7-15,18H2,1-6H3,(H,31,32)(H,38,39). The third kappa shape index (κ3) is 6.50. The Kier molecular flexibility index (Phi) is 8.76. The number of pyridine rings is 1. The van der Waals surface area contributed by atoms with Gasteiger partial charge in [-0.1, -0.05) is 46.0 Å². The molecule has 1 amide bonds. The average molecular weight is 537 g/mol. The summed E-state index contributed by atoms with van der Waals surface area (Å²) in [5.41, 5.74) is 2.14. The quantitative estimate of drug-likeness (QED) is 0.459. The van der Waals surface area contributed by atoms with Crippen LogP contribution in [0.1, 0.15) is 110 Å². The molecule has 0 bridgehead atoms. The lowest BCUT2D eigenvalue weighted by Gasteiger charge is -2.47. The molecule has 4 rings (SSSR count). The molecule has 0 aromatic carbocycles. The predicted octanol–water partition coefficient (Wildman–Crippen LogP) is 5.43. The highest BCUT2D eigenvalue weighted by Gasteiger charge is 2.38. The summed E-state index contributed by atoms with van der Waals surface area (Å²) in [5.74, 6) is 1.36. The van der Waals surface area contributed by atoms with Gasteiger partial charge in [0, 0.05) is 26.2 Å².